The molecule has 0 aliphatic carbocycles. The van der Waals surface area contributed by atoms with Crippen molar-refractivity contribution in [3.05, 3.63) is 110 Å². The molecule has 0 aliphatic rings. The molecule has 10 amide bonds. The highest BCUT2D eigenvalue weighted by Crippen LogP contribution is 2.40. The van der Waals surface area contributed by atoms with E-state index in [0.29, 0.717) is 66.5 Å². The van der Waals surface area contributed by atoms with E-state index in [2.05, 4.69) is 74.4 Å². The molecule has 21 N–H and O–H groups in total. The Hall–Kier alpha value is -11.4. The molecule has 0 radical (unpaired) electrons. The summed E-state index contributed by atoms with van der Waals surface area (Å²) in [4.78, 5) is 58.3. The van der Waals surface area contributed by atoms with E-state index in [1.807, 2.05) is 145 Å². The van der Waals surface area contributed by atoms with E-state index in [9.17, 15) is 24.0 Å². The molecule has 5 aromatic rings. The highest BCUT2D eigenvalue weighted by Gasteiger charge is 2.20. The number of carbonyl (C=O) groups is 5. The number of para-hydroxylation sites is 1. The second-order valence-corrected chi connectivity index (χ2v) is 20.1. The Labute approximate surface area is 556 Å². The molecule has 520 valence electrons. The monoisotopic (exact) mass is 1320 g/mol. The molecular weight excluding hydrogens is 1220 g/mol. The zero-order valence-electron chi connectivity index (χ0n) is 58.1. The van der Waals surface area contributed by atoms with Gasteiger partial charge in [-0.05, 0) is 166 Å². The van der Waals surface area contributed by atoms with Crippen molar-refractivity contribution in [3.63, 3.8) is 0 Å². The number of carbonyl (C=O) groups excluding carboxylic acids is 5. The van der Waals surface area contributed by atoms with Gasteiger partial charge in [-0.3, -0.25) is 53.6 Å². The molecule has 0 spiro atoms. The molecular formula is C64H98N20O11. The van der Waals surface area contributed by atoms with Gasteiger partial charge in [0, 0.05) is 56.3 Å². The van der Waals surface area contributed by atoms with Crippen LogP contribution in [0.3, 0.4) is 0 Å². The lowest BCUT2D eigenvalue weighted by atomic mass is 10.1. The molecule has 0 aliphatic heterocycles. The van der Waals surface area contributed by atoms with Crippen molar-refractivity contribution >= 4 is 88.4 Å². The third kappa shape index (κ3) is 27.5. The smallest absolute Gasteiger partial charge is 0.326 e. The van der Waals surface area contributed by atoms with Crippen LogP contribution in [-0.4, -0.2) is 129 Å². The molecule has 95 heavy (non-hydrogen) atoms. The number of anilines is 5. The summed E-state index contributed by atoms with van der Waals surface area (Å²) in [6.45, 7) is 28.6. The van der Waals surface area contributed by atoms with Crippen LogP contribution in [0.1, 0.15) is 83.3 Å². The third-order valence-corrected chi connectivity index (χ3v) is 13.0. The fourth-order valence-electron chi connectivity index (χ4n) is 8.50. The molecule has 0 unspecified atom stereocenters. The SMILES string of the molecule is CCOc1cc(C)c(NC(=O)NC(=N)NC)c(C)c1.CCOc1cc(C)c(NC(=O)NC(=N)NC)c(C)c1OCC.CCOc1ccc(C)c(NC(=O)NC(=N)NC)c1C.CNC(=N)NC(=O)Nc1c(C)cc(OC)c(OC)c1C.Cc1cccc(C)c1NC(=O)NC(=N)N. The summed E-state index contributed by atoms with van der Waals surface area (Å²) in [5, 5.41) is 71.6. The lowest BCUT2D eigenvalue weighted by Gasteiger charge is -2.19. The van der Waals surface area contributed by atoms with Gasteiger partial charge < -0.3 is 82.0 Å². The van der Waals surface area contributed by atoms with Gasteiger partial charge in [-0.15, -0.1) is 0 Å². The molecule has 31 nitrogen and oxygen atoms in total. The lowest BCUT2D eigenvalue weighted by Crippen LogP contribution is -2.40. The number of benzene rings is 5. The highest BCUT2D eigenvalue weighted by molar-refractivity contribution is 6.05. The van der Waals surface area contributed by atoms with Crippen LogP contribution in [0.4, 0.5) is 52.4 Å². The number of ether oxygens (including phenoxy) is 6. The molecule has 0 saturated carbocycles. The largest absolute Gasteiger partial charge is 0.494 e. The van der Waals surface area contributed by atoms with Crippen molar-refractivity contribution < 1.29 is 52.4 Å². The van der Waals surface area contributed by atoms with Crippen LogP contribution in [0.25, 0.3) is 0 Å². The first-order valence-electron chi connectivity index (χ1n) is 29.8. The average Bonchev–Trinajstić information content (AvgIpc) is 0.832. The molecule has 0 saturated heterocycles. The van der Waals surface area contributed by atoms with Gasteiger partial charge in [-0.25, -0.2) is 24.0 Å². The minimum atomic E-state index is -0.500. The minimum absolute atomic E-state index is 0.0567. The maximum absolute atomic E-state index is 11.9. The van der Waals surface area contributed by atoms with Gasteiger partial charge in [0.05, 0.1) is 57.7 Å². The Morgan fingerprint density at radius 2 is 0.695 bits per heavy atom. The van der Waals surface area contributed by atoms with Gasteiger partial charge in [0.2, 0.25) is 0 Å². The first-order chi connectivity index (χ1) is 44.8. The number of methoxy groups -OCH3 is 2. The first-order valence-corrected chi connectivity index (χ1v) is 29.8. The van der Waals surface area contributed by atoms with E-state index >= 15 is 0 Å². The van der Waals surface area contributed by atoms with Crippen LogP contribution >= 0.6 is 0 Å². The van der Waals surface area contributed by atoms with Crippen molar-refractivity contribution in [3.8, 4) is 34.5 Å². The number of nitrogens with two attached hydrogens (primary N) is 1. The average molecular weight is 1320 g/mol. The summed E-state index contributed by atoms with van der Waals surface area (Å²) in [5.41, 5.74) is 17.3. The quantitative estimate of drug-likeness (QED) is 0.0343. The number of hydrogen-bond acceptors (Lipinski definition) is 16. The van der Waals surface area contributed by atoms with Crippen LogP contribution in [-0.2, 0) is 0 Å². The van der Waals surface area contributed by atoms with E-state index in [1.54, 1.807) is 48.5 Å². The summed E-state index contributed by atoms with van der Waals surface area (Å²) in [6, 6.07) is 14.4. The van der Waals surface area contributed by atoms with E-state index in [1.165, 1.54) is 0 Å². The van der Waals surface area contributed by atoms with Crippen LogP contribution in [0.2, 0.25) is 0 Å². The van der Waals surface area contributed by atoms with Gasteiger partial charge in [-0.1, -0.05) is 24.3 Å². The summed E-state index contributed by atoms with van der Waals surface area (Å²) >= 11 is 0. The highest BCUT2D eigenvalue weighted by atomic mass is 16.5. The van der Waals surface area contributed by atoms with E-state index in [4.69, 9.17) is 61.2 Å². The molecule has 0 atom stereocenters. The van der Waals surface area contributed by atoms with E-state index < -0.39 is 30.2 Å². The Morgan fingerprint density at radius 1 is 0.368 bits per heavy atom. The normalized spacial score (nSPS) is 9.68. The fourth-order valence-corrected chi connectivity index (χ4v) is 8.50. The van der Waals surface area contributed by atoms with Crippen molar-refractivity contribution in [2.24, 2.45) is 5.73 Å². The maximum Gasteiger partial charge on any atom is 0.326 e. The fraction of sp³-hybridized carbons (Fsp3) is 0.375. The Morgan fingerprint density at radius 3 is 1.06 bits per heavy atom. The van der Waals surface area contributed by atoms with Crippen LogP contribution in [0.5, 0.6) is 34.5 Å². The number of urea groups is 5. The van der Waals surface area contributed by atoms with Crippen LogP contribution < -0.4 is 109 Å². The van der Waals surface area contributed by atoms with Gasteiger partial charge in [0.1, 0.15) is 11.5 Å². The molecule has 0 aromatic heterocycles. The van der Waals surface area contributed by atoms with Gasteiger partial charge >= 0.3 is 30.2 Å². The summed E-state index contributed by atoms with van der Waals surface area (Å²) < 4.78 is 32.7. The van der Waals surface area contributed by atoms with Crippen molar-refractivity contribution in [1.29, 1.82) is 27.0 Å². The zero-order chi connectivity index (χ0) is 72.2. The number of rotatable bonds is 15. The van der Waals surface area contributed by atoms with Crippen molar-refractivity contribution in [2.75, 3.05) is 95.4 Å². The zero-order valence-corrected chi connectivity index (χ0v) is 58.1. The van der Waals surface area contributed by atoms with Gasteiger partial charge in [0.15, 0.2) is 52.8 Å². The molecule has 0 bridgehead atoms. The van der Waals surface area contributed by atoms with E-state index in [-0.39, 0.29) is 29.8 Å². The number of nitrogens with one attached hydrogen (secondary N) is 19. The number of guanidine groups is 5. The number of hydrogen-bond donors (Lipinski definition) is 20. The van der Waals surface area contributed by atoms with Crippen LogP contribution in [0, 0.1) is 96.3 Å². The predicted octanol–water partition coefficient (Wildman–Crippen LogP) is 9.25. The van der Waals surface area contributed by atoms with Gasteiger partial charge in [-0.2, -0.15) is 0 Å². The molecule has 5 aromatic carbocycles. The number of aryl methyl sites for hydroxylation is 7. The Bertz CT molecular complexity index is 3460. The van der Waals surface area contributed by atoms with E-state index in [0.717, 1.165) is 78.5 Å². The molecule has 0 fully saturated rings. The van der Waals surface area contributed by atoms with Crippen LogP contribution in [0.15, 0.2) is 54.6 Å². The molecule has 5 rings (SSSR count). The minimum Gasteiger partial charge on any atom is -0.494 e. The summed E-state index contributed by atoms with van der Waals surface area (Å²) in [6.07, 6.45) is 0. The molecule has 31 heteroatoms. The maximum atomic E-state index is 11.9. The second-order valence-electron chi connectivity index (χ2n) is 20.1. The predicted molar refractivity (Wildman–Crippen MR) is 377 cm³/mol. The van der Waals surface area contributed by atoms with Crippen molar-refractivity contribution in [1.82, 2.24) is 47.9 Å². The Balaban J connectivity index is 0.000000596. The first kappa shape index (κ1) is 81.6. The third-order valence-electron chi connectivity index (χ3n) is 13.0. The summed E-state index contributed by atoms with van der Waals surface area (Å²) in [5.74, 6) is 3.32. The van der Waals surface area contributed by atoms with Gasteiger partial charge in [0.25, 0.3) is 0 Å². The van der Waals surface area contributed by atoms with Crippen molar-refractivity contribution in [2.45, 2.75) is 96.9 Å². The molecule has 0 heterocycles. The number of amides is 10. The lowest BCUT2D eigenvalue weighted by molar-refractivity contribution is 0.255. The second kappa shape index (κ2) is 41.9. The Kier molecular flexibility index (Phi) is 36.0. The standard InChI is InChI=1S/C15H24N4O3.C13H20N4O3.2C13H20N4O2.C10H14N4O/c1-6-21-11-8-9(3)12(10(4)13(11)22-7-2)18-15(20)19-14(16)17-5;1-7-6-9(19-4)11(20-5)8(2)10(7)16-13(18)17-12(14)15-3;1-5-19-10-6-8(2)11(9(3)7-10)16-13(18)17-12(14)15-4;1-5-19-10-7-6-8(2)11(9(10)3)16-13(18)17-12(14)15-4;1-6-4-3-5-7(2)8(6)13-10(15)14-9(11)12/h8H,6-7H2,1-5H3,(H4,16,17,18,19,20);6H,1-5H3,(H4,14,15,16,17,18);2*6-7H,5H2,1-4H3,(H4,14,15,16,17,18);3-5H,1-2H3,(H5,11,12,13,14,15). The summed E-state index contributed by atoms with van der Waals surface area (Å²) in [7, 11) is 9.34. The topological polar surface area (TPSA) is 454 Å².